The van der Waals surface area contributed by atoms with Gasteiger partial charge in [-0.1, -0.05) is 31.0 Å². The van der Waals surface area contributed by atoms with Crippen LogP contribution in [0.2, 0.25) is 5.02 Å². The lowest BCUT2D eigenvalue weighted by molar-refractivity contribution is 0.421. The zero-order chi connectivity index (χ0) is 12.3. The van der Waals surface area contributed by atoms with Gasteiger partial charge in [0.15, 0.2) is 0 Å². The molecule has 0 spiro atoms. The summed E-state index contributed by atoms with van der Waals surface area (Å²) < 4.78 is 0. The van der Waals surface area contributed by atoms with Crippen molar-refractivity contribution < 1.29 is 0 Å². The Bertz CT molecular complexity index is 386. The van der Waals surface area contributed by atoms with Crippen LogP contribution in [0.25, 0.3) is 0 Å². The van der Waals surface area contributed by atoms with Gasteiger partial charge >= 0.3 is 0 Å². The number of nitrogen functional groups attached to an aromatic ring is 1. The summed E-state index contributed by atoms with van der Waals surface area (Å²) in [5.41, 5.74) is 8.15. The first-order chi connectivity index (χ1) is 8.15. The molecule has 3 N–H and O–H groups in total. The van der Waals surface area contributed by atoms with Crippen LogP contribution in [-0.4, -0.2) is 6.54 Å². The van der Waals surface area contributed by atoms with E-state index in [1.165, 1.54) is 31.2 Å². The van der Waals surface area contributed by atoms with Crippen LogP contribution in [0.5, 0.6) is 0 Å². The predicted octanol–water partition coefficient (Wildman–Crippen LogP) is 3.59. The Balaban J connectivity index is 1.80. The number of benzene rings is 1. The molecule has 0 saturated heterocycles. The Labute approximate surface area is 109 Å². The van der Waals surface area contributed by atoms with Gasteiger partial charge in [-0.15, -0.1) is 0 Å². The van der Waals surface area contributed by atoms with Crippen molar-refractivity contribution in [3.05, 3.63) is 28.8 Å². The molecule has 1 saturated carbocycles. The topological polar surface area (TPSA) is 38.0 Å². The normalized spacial score (nSPS) is 17.1. The number of hydrogen-bond donors (Lipinski definition) is 2. The summed E-state index contributed by atoms with van der Waals surface area (Å²) >= 11 is 5.99. The van der Waals surface area contributed by atoms with Crippen LogP contribution in [0, 0.1) is 5.41 Å². The number of nitrogens with two attached hydrogens (primary N) is 1. The Morgan fingerprint density at radius 2 is 2.18 bits per heavy atom. The highest BCUT2D eigenvalue weighted by atomic mass is 35.5. The second-order valence-corrected chi connectivity index (χ2v) is 5.62. The first-order valence-corrected chi connectivity index (χ1v) is 6.78. The highest BCUT2D eigenvalue weighted by molar-refractivity contribution is 6.33. The number of anilines is 1. The van der Waals surface area contributed by atoms with Crippen molar-refractivity contribution in [1.29, 1.82) is 0 Å². The number of nitrogens with one attached hydrogen (secondary N) is 1. The summed E-state index contributed by atoms with van der Waals surface area (Å²) in [5, 5.41) is 4.19. The lowest BCUT2D eigenvalue weighted by Gasteiger charge is -2.15. The predicted molar refractivity (Wildman–Crippen MR) is 74.1 cm³/mol. The summed E-state index contributed by atoms with van der Waals surface area (Å²) in [4.78, 5) is 0. The van der Waals surface area contributed by atoms with Gasteiger partial charge in [0.2, 0.25) is 0 Å². The molecule has 3 heteroatoms. The molecule has 1 fully saturated rings. The van der Waals surface area contributed by atoms with Gasteiger partial charge < -0.3 is 11.1 Å². The van der Waals surface area contributed by atoms with Crippen molar-refractivity contribution in [2.24, 2.45) is 5.41 Å². The maximum Gasteiger partial charge on any atom is 0.0638 e. The van der Waals surface area contributed by atoms with E-state index in [9.17, 15) is 0 Å². The third-order valence-corrected chi connectivity index (χ3v) is 3.96. The van der Waals surface area contributed by atoms with Crippen LogP contribution in [0.3, 0.4) is 0 Å². The average Bonchev–Trinajstić information content (AvgIpc) is 3.04. The van der Waals surface area contributed by atoms with E-state index in [1.54, 1.807) is 0 Å². The van der Waals surface area contributed by atoms with Crippen LogP contribution in [0.15, 0.2) is 18.2 Å². The molecular weight excluding hydrogens is 232 g/mol. The summed E-state index contributed by atoms with van der Waals surface area (Å²) in [7, 11) is 0. The van der Waals surface area contributed by atoms with E-state index in [2.05, 4.69) is 12.2 Å². The smallest absolute Gasteiger partial charge is 0.0638 e. The monoisotopic (exact) mass is 252 g/mol. The average molecular weight is 253 g/mol. The van der Waals surface area contributed by atoms with Crippen LogP contribution >= 0.6 is 11.6 Å². The van der Waals surface area contributed by atoms with E-state index in [-0.39, 0.29) is 0 Å². The summed E-state index contributed by atoms with van der Waals surface area (Å²) in [6, 6.07) is 5.86. The van der Waals surface area contributed by atoms with Gasteiger partial charge in [-0.25, -0.2) is 0 Å². The van der Waals surface area contributed by atoms with E-state index in [0.717, 1.165) is 13.1 Å². The molecule has 2 nitrogen and oxygen atoms in total. The minimum Gasteiger partial charge on any atom is -0.398 e. The minimum atomic E-state index is 0.604. The summed E-state index contributed by atoms with van der Waals surface area (Å²) in [6.07, 6.45) is 5.41. The van der Waals surface area contributed by atoms with Crippen LogP contribution < -0.4 is 11.1 Å². The fraction of sp³-hybridized carbons (Fsp3) is 0.571. The molecule has 1 aliphatic carbocycles. The zero-order valence-corrected chi connectivity index (χ0v) is 11.2. The van der Waals surface area contributed by atoms with E-state index in [0.29, 0.717) is 16.1 Å². The van der Waals surface area contributed by atoms with Crippen molar-refractivity contribution in [1.82, 2.24) is 5.32 Å². The molecule has 1 aliphatic rings. The zero-order valence-electron chi connectivity index (χ0n) is 10.4. The fourth-order valence-electron chi connectivity index (χ4n) is 2.37. The maximum atomic E-state index is 5.99. The molecule has 2 rings (SSSR count). The fourth-order valence-corrected chi connectivity index (χ4v) is 2.58. The Morgan fingerprint density at radius 3 is 2.76 bits per heavy atom. The summed E-state index contributed by atoms with van der Waals surface area (Å²) in [5.74, 6) is 0. The van der Waals surface area contributed by atoms with Gasteiger partial charge in [-0.3, -0.25) is 0 Å². The van der Waals surface area contributed by atoms with Crippen LogP contribution in [-0.2, 0) is 6.54 Å². The van der Waals surface area contributed by atoms with E-state index in [4.69, 9.17) is 17.3 Å². The number of hydrogen-bond acceptors (Lipinski definition) is 2. The molecule has 0 aromatic heterocycles. The number of rotatable bonds is 6. The van der Waals surface area contributed by atoms with Gasteiger partial charge in [0.25, 0.3) is 0 Å². The van der Waals surface area contributed by atoms with Gasteiger partial charge in [-0.05, 0) is 42.4 Å². The SMILES string of the molecule is CCCC1(CNCc2ccc(N)c(Cl)c2)CC1. The molecule has 0 unspecified atom stereocenters. The molecule has 0 radical (unpaired) electrons. The second kappa shape index (κ2) is 5.28. The largest absolute Gasteiger partial charge is 0.398 e. The molecule has 0 aliphatic heterocycles. The van der Waals surface area contributed by atoms with Gasteiger partial charge in [-0.2, -0.15) is 0 Å². The van der Waals surface area contributed by atoms with E-state index in [1.807, 2.05) is 18.2 Å². The van der Waals surface area contributed by atoms with Crippen molar-refractivity contribution in [2.75, 3.05) is 12.3 Å². The highest BCUT2D eigenvalue weighted by Gasteiger charge is 2.40. The van der Waals surface area contributed by atoms with Crippen molar-refractivity contribution in [3.8, 4) is 0 Å². The van der Waals surface area contributed by atoms with Crippen molar-refractivity contribution in [3.63, 3.8) is 0 Å². The molecule has 0 atom stereocenters. The molecule has 0 heterocycles. The molecule has 1 aromatic carbocycles. The lowest BCUT2D eigenvalue weighted by Crippen LogP contribution is -2.23. The molecule has 0 amide bonds. The number of halogens is 1. The second-order valence-electron chi connectivity index (χ2n) is 5.21. The molecular formula is C14H21ClN2. The standard InChI is InChI=1S/C14H21ClN2/c1-2-5-14(6-7-14)10-17-9-11-3-4-13(16)12(15)8-11/h3-4,8,17H,2,5-7,9-10,16H2,1H3. The van der Waals surface area contributed by atoms with Crippen molar-refractivity contribution >= 4 is 17.3 Å². The summed E-state index contributed by atoms with van der Waals surface area (Å²) in [6.45, 7) is 4.27. The molecule has 94 valence electrons. The third-order valence-electron chi connectivity index (χ3n) is 3.63. The quantitative estimate of drug-likeness (QED) is 0.760. The lowest BCUT2D eigenvalue weighted by atomic mass is 10.0. The molecule has 17 heavy (non-hydrogen) atoms. The van der Waals surface area contributed by atoms with Crippen molar-refractivity contribution in [2.45, 2.75) is 39.2 Å². The van der Waals surface area contributed by atoms with Gasteiger partial charge in [0.05, 0.1) is 10.7 Å². The van der Waals surface area contributed by atoms with Crippen LogP contribution in [0.4, 0.5) is 5.69 Å². The van der Waals surface area contributed by atoms with E-state index < -0.39 is 0 Å². The van der Waals surface area contributed by atoms with Gasteiger partial charge in [0.1, 0.15) is 0 Å². The van der Waals surface area contributed by atoms with Crippen LogP contribution in [0.1, 0.15) is 38.2 Å². The van der Waals surface area contributed by atoms with E-state index >= 15 is 0 Å². The third kappa shape index (κ3) is 3.36. The van der Waals surface area contributed by atoms with Gasteiger partial charge in [0, 0.05) is 13.1 Å². The Hall–Kier alpha value is -0.730. The first kappa shape index (κ1) is 12.7. The molecule has 1 aromatic rings. The maximum absolute atomic E-state index is 5.99. The minimum absolute atomic E-state index is 0.604. The highest BCUT2D eigenvalue weighted by Crippen LogP contribution is 2.48. The molecule has 0 bridgehead atoms. The first-order valence-electron chi connectivity index (χ1n) is 6.40. The Kier molecular flexibility index (Phi) is 3.95. The Morgan fingerprint density at radius 1 is 1.41 bits per heavy atom.